The highest BCUT2D eigenvalue weighted by Gasteiger charge is 2.11. The molecule has 0 saturated carbocycles. The van der Waals surface area contributed by atoms with Gasteiger partial charge < -0.3 is 9.72 Å². The third-order valence-electron chi connectivity index (χ3n) is 3.08. The highest BCUT2D eigenvalue weighted by atomic mass is 32.1. The van der Waals surface area contributed by atoms with Crippen LogP contribution in [0.4, 0.5) is 0 Å². The Morgan fingerprint density at radius 3 is 3.10 bits per heavy atom. The van der Waals surface area contributed by atoms with Crippen molar-refractivity contribution in [1.82, 2.24) is 14.7 Å². The standard InChI is InChI=1S/C15H15N3OS/c1-11-10-18-8-2-5-13(14(18)17-11)15(19)16-7-6-12-4-3-9-20-12/h2-5,8-10H,6-7H2,1H3,(H,16,19). The van der Waals surface area contributed by atoms with Gasteiger partial charge in [-0.3, -0.25) is 4.79 Å². The first-order valence-electron chi connectivity index (χ1n) is 6.49. The van der Waals surface area contributed by atoms with Gasteiger partial charge in [0.25, 0.3) is 5.91 Å². The molecule has 3 heterocycles. The molecule has 3 aromatic rings. The first kappa shape index (κ1) is 12.9. The van der Waals surface area contributed by atoms with Crippen LogP contribution in [0.25, 0.3) is 5.65 Å². The molecule has 3 rings (SSSR count). The number of aromatic nitrogens is 2. The highest BCUT2D eigenvalue weighted by molar-refractivity contribution is 7.09. The predicted molar refractivity (Wildman–Crippen MR) is 80.3 cm³/mol. The molecule has 0 radical (unpaired) electrons. The van der Waals surface area contributed by atoms with Gasteiger partial charge >= 0.3 is 0 Å². The zero-order valence-corrected chi connectivity index (χ0v) is 12.0. The fraction of sp³-hybridized carbons (Fsp3) is 0.200. The molecule has 0 spiro atoms. The summed E-state index contributed by atoms with van der Waals surface area (Å²) < 4.78 is 1.88. The van der Waals surface area contributed by atoms with E-state index in [1.54, 1.807) is 11.3 Å². The van der Waals surface area contributed by atoms with Crippen LogP contribution in [-0.4, -0.2) is 21.8 Å². The number of aryl methyl sites for hydroxylation is 1. The molecule has 0 aliphatic carbocycles. The number of hydrogen-bond acceptors (Lipinski definition) is 3. The number of nitrogens with zero attached hydrogens (tertiary/aromatic N) is 2. The van der Waals surface area contributed by atoms with Crippen LogP contribution in [0, 0.1) is 6.92 Å². The lowest BCUT2D eigenvalue weighted by Gasteiger charge is -2.05. The first-order valence-corrected chi connectivity index (χ1v) is 7.37. The maximum atomic E-state index is 12.2. The van der Waals surface area contributed by atoms with Gasteiger partial charge in [-0.05, 0) is 36.9 Å². The van der Waals surface area contributed by atoms with Crippen LogP contribution in [0.15, 0.2) is 42.0 Å². The van der Waals surface area contributed by atoms with E-state index in [1.807, 2.05) is 47.3 Å². The van der Waals surface area contributed by atoms with Crippen molar-refractivity contribution in [3.63, 3.8) is 0 Å². The molecule has 0 bridgehead atoms. The molecule has 0 atom stereocenters. The van der Waals surface area contributed by atoms with Crippen LogP contribution in [0.1, 0.15) is 20.9 Å². The van der Waals surface area contributed by atoms with Gasteiger partial charge in [-0.1, -0.05) is 6.07 Å². The number of amides is 1. The van der Waals surface area contributed by atoms with Crippen LogP contribution in [0.2, 0.25) is 0 Å². The van der Waals surface area contributed by atoms with Crippen molar-refractivity contribution in [3.8, 4) is 0 Å². The summed E-state index contributed by atoms with van der Waals surface area (Å²) in [5.41, 5.74) is 2.23. The molecule has 0 unspecified atom stereocenters. The fourth-order valence-corrected chi connectivity index (χ4v) is 2.87. The van der Waals surface area contributed by atoms with Crippen molar-refractivity contribution in [3.05, 3.63) is 58.2 Å². The van der Waals surface area contributed by atoms with Gasteiger partial charge in [0.15, 0.2) is 0 Å². The second-order valence-electron chi connectivity index (χ2n) is 4.62. The maximum absolute atomic E-state index is 12.2. The lowest BCUT2D eigenvalue weighted by atomic mass is 10.2. The Balaban J connectivity index is 1.72. The first-order chi connectivity index (χ1) is 9.74. The van der Waals surface area contributed by atoms with Crippen molar-refractivity contribution >= 4 is 22.9 Å². The molecule has 0 fully saturated rings. The van der Waals surface area contributed by atoms with Gasteiger partial charge in [-0.25, -0.2) is 4.98 Å². The number of imidazole rings is 1. The van der Waals surface area contributed by atoms with Gasteiger partial charge in [-0.15, -0.1) is 11.3 Å². The molecule has 0 saturated heterocycles. The number of thiophene rings is 1. The average molecular weight is 285 g/mol. The van der Waals surface area contributed by atoms with Crippen LogP contribution >= 0.6 is 11.3 Å². The van der Waals surface area contributed by atoms with E-state index in [0.29, 0.717) is 17.8 Å². The molecule has 3 aromatic heterocycles. The molecular weight excluding hydrogens is 270 g/mol. The van der Waals surface area contributed by atoms with E-state index >= 15 is 0 Å². The Morgan fingerprint density at radius 1 is 1.40 bits per heavy atom. The van der Waals surface area contributed by atoms with Gasteiger partial charge in [0.05, 0.1) is 11.3 Å². The third kappa shape index (κ3) is 2.58. The minimum absolute atomic E-state index is 0.0715. The topological polar surface area (TPSA) is 46.4 Å². The Morgan fingerprint density at radius 2 is 2.30 bits per heavy atom. The van der Waals surface area contributed by atoms with E-state index < -0.39 is 0 Å². The van der Waals surface area contributed by atoms with Gasteiger partial charge in [0, 0.05) is 23.8 Å². The van der Waals surface area contributed by atoms with E-state index in [0.717, 1.165) is 12.1 Å². The summed E-state index contributed by atoms with van der Waals surface area (Å²) in [6.45, 7) is 2.56. The molecular formula is C15H15N3OS. The monoisotopic (exact) mass is 285 g/mol. The summed E-state index contributed by atoms with van der Waals surface area (Å²) in [7, 11) is 0. The summed E-state index contributed by atoms with van der Waals surface area (Å²) in [4.78, 5) is 17.9. The van der Waals surface area contributed by atoms with Gasteiger partial charge in [0.1, 0.15) is 5.65 Å². The Bertz CT molecular complexity index is 731. The molecule has 0 aromatic carbocycles. The normalized spacial score (nSPS) is 10.8. The number of hydrogen-bond donors (Lipinski definition) is 1. The minimum atomic E-state index is -0.0715. The second-order valence-corrected chi connectivity index (χ2v) is 5.65. The SMILES string of the molecule is Cc1cn2cccc(C(=O)NCCc3cccs3)c2n1. The minimum Gasteiger partial charge on any atom is -0.352 e. The Labute approximate surface area is 121 Å². The number of pyridine rings is 1. The molecule has 1 amide bonds. The van der Waals surface area contributed by atoms with E-state index in [4.69, 9.17) is 0 Å². The van der Waals surface area contributed by atoms with Crippen molar-refractivity contribution in [1.29, 1.82) is 0 Å². The molecule has 20 heavy (non-hydrogen) atoms. The Kier molecular flexibility index (Phi) is 3.52. The average Bonchev–Trinajstić information content (AvgIpc) is 3.05. The van der Waals surface area contributed by atoms with E-state index in [1.165, 1.54) is 4.88 Å². The molecule has 4 nitrogen and oxygen atoms in total. The zero-order valence-electron chi connectivity index (χ0n) is 11.2. The van der Waals surface area contributed by atoms with Crippen molar-refractivity contribution in [2.75, 3.05) is 6.54 Å². The Hall–Kier alpha value is -2.14. The third-order valence-corrected chi connectivity index (χ3v) is 4.02. The van der Waals surface area contributed by atoms with Crippen LogP contribution in [0.5, 0.6) is 0 Å². The molecule has 1 N–H and O–H groups in total. The second kappa shape index (κ2) is 5.46. The van der Waals surface area contributed by atoms with Crippen LogP contribution < -0.4 is 5.32 Å². The summed E-state index contributed by atoms with van der Waals surface area (Å²) in [6, 6.07) is 7.77. The van der Waals surface area contributed by atoms with Crippen molar-refractivity contribution < 1.29 is 4.79 Å². The van der Waals surface area contributed by atoms with Crippen molar-refractivity contribution in [2.24, 2.45) is 0 Å². The summed E-state index contributed by atoms with van der Waals surface area (Å²) in [5.74, 6) is -0.0715. The van der Waals surface area contributed by atoms with E-state index in [9.17, 15) is 4.79 Å². The lowest BCUT2D eigenvalue weighted by Crippen LogP contribution is -2.26. The lowest BCUT2D eigenvalue weighted by molar-refractivity contribution is 0.0955. The van der Waals surface area contributed by atoms with E-state index in [-0.39, 0.29) is 5.91 Å². The van der Waals surface area contributed by atoms with Crippen LogP contribution in [-0.2, 0) is 6.42 Å². The quantitative estimate of drug-likeness (QED) is 0.801. The van der Waals surface area contributed by atoms with E-state index in [2.05, 4.69) is 16.4 Å². The number of carbonyl (C=O) groups is 1. The van der Waals surface area contributed by atoms with Gasteiger partial charge in [0.2, 0.25) is 0 Å². The van der Waals surface area contributed by atoms with Gasteiger partial charge in [-0.2, -0.15) is 0 Å². The molecule has 5 heteroatoms. The van der Waals surface area contributed by atoms with Crippen molar-refractivity contribution in [2.45, 2.75) is 13.3 Å². The largest absolute Gasteiger partial charge is 0.352 e. The predicted octanol–water partition coefficient (Wildman–Crippen LogP) is 2.68. The number of fused-ring (bicyclic) bond motifs is 1. The number of rotatable bonds is 4. The van der Waals surface area contributed by atoms with Crippen LogP contribution in [0.3, 0.4) is 0 Å². The molecule has 0 aliphatic heterocycles. The molecule has 102 valence electrons. The number of carbonyl (C=O) groups excluding carboxylic acids is 1. The maximum Gasteiger partial charge on any atom is 0.255 e. The smallest absolute Gasteiger partial charge is 0.255 e. The fourth-order valence-electron chi connectivity index (χ4n) is 2.16. The summed E-state index contributed by atoms with van der Waals surface area (Å²) in [6.07, 6.45) is 4.68. The zero-order chi connectivity index (χ0) is 13.9. The summed E-state index contributed by atoms with van der Waals surface area (Å²) >= 11 is 1.71. The number of nitrogens with one attached hydrogen (secondary N) is 1. The summed E-state index contributed by atoms with van der Waals surface area (Å²) in [5, 5.41) is 5.00. The molecule has 0 aliphatic rings. The highest BCUT2D eigenvalue weighted by Crippen LogP contribution is 2.11.